The first kappa shape index (κ1) is 43.9. The van der Waals surface area contributed by atoms with Gasteiger partial charge >= 0.3 is 15.2 Å². The van der Waals surface area contributed by atoms with Crippen molar-refractivity contribution in [1.82, 2.24) is 10.3 Å². The minimum atomic E-state index is -5.54. The van der Waals surface area contributed by atoms with Gasteiger partial charge in [0, 0.05) is 38.0 Å². The highest BCUT2D eigenvalue weighted by atomic mass is 31.2. The van der Waals surface area contributed by atoms with Crippen LogP contribution in [0.3, 0.4) is 0 Å². The number of aliphatic hydroxyl groups is 3. The number of benzene rings is 3. The summed E-state index contributed by atoms with van der Waals surface area (Å²) < 4.78 is 57.0. The lowest BCUT2D eigenvalue weighted by Gasteiger charge is -2.41. The van der Waals surface area contributed by atoms with Gasteiger partial charge < -0.3 is 68.2 Å². The molecule has 19 nitrogen and oxygen atoms in total. The van der Waals surface area contributed by atoms with Crippen LogP contribution in [0.2, 0.25) is 0 Å². The van der Waals surface area contributed by atoms with Crippen molar-refractivity contribution in [3.05, 3.63) is 70.8 Å². The summed E-state index contributed by atoms with van der Waals surface area (Å²) in [6, 6.07) is 13.6. The minimum absolute atomic E-state index is 0.0192. The molecule has 5 rings (SSSR count). The normalized spacial score (nSPS) is 19.4. The maximum atomic E-state index is 14.1. The van der Waals surface area contributed by atoms with Crippen molar-refractivity contribution in [2.75, 3.05) is 61.5 Å². The Morgan fingerprint density at radius 3 is 2.18 bits per heavy atom. The topological polar surface area (TPSA) is 276 Å². The first-order valence-electron chi connectivity index (χ1n) is 17.6. The van der Waals surface area contributed by atoms with E-state index in [4.69, 9.17) is 28.4 Å². The van der Waals surface area contributed by atoms with E-state index < -0.39 is 63.1 Å². The Morgan fingerprint density at radius 2 is 1.60 bits per heavy atom. The molecule has 3 aromatic carbocycles. The molecule has 2 aliphatic rings. The van der Waals surface area contributed by atoms with E-state index in [0.29, 0.717) is 69.7 Å². The Kier molecular flexibility index (Phi) is 13.9. The highest BCUT2D eigenvalue weighted by Gasteiger charge is 2.59. The van der Waals surface area contributed by atoms with Crippen LogP contribution in [0, 0.1) is 11.8 Å². The molecule has 1 amide bonds. The second-order valence-corrected chi connectivity index (χ2v) is 17.5. The molecular weight excluding hydrogens is 792 g/mol. The van der Waals surface area contributed by atoms with E-state index in [1.165, 1.54) is 32.4 Å². The van der Waals surface area contributed by atoms with Crippen molar-refractivity contribution in [3.63, 3.8) is 0 Å². The number of hydrogen-bond acceptors (Lipinski definition) is 14. The van der Waals surface area contributed by atoms with Crippen LogP contribution in [0.4, 0.5) is 0 Å². The summed E-state index contributed by atoms with van der Waals surface area (Å²) in [5.41, 5.74) is 4.72. The zero-order valence-electron chi connectivity index (χ0n) is 31.5. The molecule has 0 unspecified atom stereocenters. The molecule has 0 spiro atoms. The quantitative estimate of drug-likeness (QED) is 0.0394. The number of methoxy groups -OCH3 is 3. The van der Waals surface area contributed by atoms with Crippen LogP contribution in [0.25, 0.3) is 0 Å². The molecule has 0 aromatic heterocycles. The van der Waals surface area contributed by atoms with Gasteiger partial charge in [-0.2, -0.15) is 5.10 Å². The van der Waals surface area contributed by atoms with Crippen molar-refractivity contribution in [2.45, 2.75) is 29.9 Å². The summed E-state index contributed by atoms with van der Waals surface area (Å²) in [5, 5.41) is 33.0. The number of aliphatic hydroxyl groups excluding tert-OH is 2. The van der Waals surface area contributed by atoms with E-state index >= 15 is 0 Å². The number of rotatable bonds is 18. The Bertz CT molecular complexity index is 1990. The molecule has 0 saturated carbocycles. The van der Waals surface area contributed by atoms with Gasteiger partial charge in [-0.25, -0.2) is 5.43 Å². The number of nitrogens with one attached hydrogen (secondary N) is 1. The lowest BCUT2D eigenvalue weighted by atomic mass is 9.65. The average molecular weight is 840 g/mol. The highest BCUT2D eigenvalue weighted by molar-refractivity contribution is 7.72. The maximum absolute atomic E-state index is 14.1. The van der Waals surface area contributed by atoms with Crippen LogP contribution in [0.15, 0.2) is 53.6 Å². The van der Waals surface area contributed by atoms with Crippen molar-refractivity contribution >= 4 is 27.3 Å². The number of nitrogens with zero attached hydrogens (tertiary/aromatic N) is 2. The van der Waals surface area contributed by atoms with Gasteiger partial charge in [-0.1, -0.05) is 12.1 Å². The lowest BCUT2D eigenvalue weighted by Crippen LogP contribution is -2.44. The zero-order chi connectivity index (χ0) is 41.7. The van der Waals surface area contributed by atoms with Crippen LogP contribution < -0.4 is 33.8 Å². The van der Waals surface area contributed by atoms with Crippen molar-refractivity contribution in [1.29, 1.82) is 0 Å². The van der Waals surface area contributed by atoms with E-state index in [2.05, 4.69) is 10.5 Å². The van der Waals surface area contributed by atoms with Crippen molar-refractivity contribution in [2.24, 2.45) is 16.9 Å². The summed E-state index contributed by atoms with van der Waals surface area (Å²) in [5.74, 6) is -1.08. The second kappa shape index (κ2) is 18.1. The number of carbonyl (C=O) groups excluding carboxylic acids is 1. The van der Waals surface area contributed by atoms with Crippen LogP contribution >= 0.6 is 15.2 Å². The Morgan fingerprint density at radius 1 is 0.965 bits per heavy atom. The summed E-state index contributed by atoms with van der Waals surface area (Å²) in [6.07, 6.45) is -0.305. The van der Waals surface area contributed by atoms with Crippen molar-refractivity contribution < 1.29 is 77.2 Å². The molecule has 0 radical (unpaired) electrons. The van der Waals surface area contributed by atoms with E-state index in [1.807, 2.05) is 0 Å². The molecule has 3 aromatic rings. The average Bonchev–Trinajstić information content (AvgIpc) is 3.64. The van der Waals surface area contributed by atoms with Crippen LogP contribution in [0.5, 0.6) is 34.5 Å². The fraction of sp³-hybridized carbons (Fsp3) is 0.444. The van der Waals surface area contributed by atoms with Crippen molar-refractivity contribution in [3.8, 4) is 34.5 Å². The van der Waals surface area contributed by atoms with Crippen LogP contribution in [-0.2, 0) is 13.9 Å². The Balaban J connectivity index is 1.30. The number of hydrogen-bond donors (Lipinski definition) is 8. The van der Waals surface area contributed by atoms with Crippen LogP contribution in [-0.4, -0.2) is 118 Å². The lowest BCUT2D eigenvalue weighted by molar-refractivity contribution is -0.131. The molecule has 21 heteroatoms. The molecule has 4 atom stereocenters. The van der Waals surface area contributed by atoms with Gasteiger partial charge in [0.05, 0.1) is 46.2 Å². The molecule has 312 valence electrons. The SMILES string of the molecule is COc1cc([C@@H]2c3cc4c(cc3[C@H](O)[C@@H](CO)[C@H]2C(=O)N/N=C/c2cccc(OCCCN(C)CCC(O)(P(=O)(O)O)P(=O)(O)O)c2)OCO4)cc(OC)c1OC. The molecule has 0 saturated heterocycles. The Labute approximate surface area is 328 Å². The van der Waals surface area contributed by atoms with Gasteiger partial charge in [-0.3, -0.25) is 13.9 Å². The third-order valence-corrected chi connectivity index (χ3v) is 13.9. The molecule has 1 aliphatic heterocycles. The van der Waals surface area contributed by atoms with Gasteiger partial charge in [0.2, 0.25) is 18.4 Å². The van der Waals surface area contributed by atoms with E-state index in [-0.39, 0.29) is 19.9 Å². The van der Waals surface area contributed by atoms with E-state index in [1.54, 1.807) is 55.6 Å². The molecule has 0 bridgehead atoms. The first-order valence-corrected chi connectivity index (χ1v) is 20.8. The van der Waals surface area contributed by atoms with Crippen LogP contribution in [0.1, 0.15) is 47.1 Å². The smallest absolute Gasteiger partial charge is 0.369 e. The molecule has 1 heterocycles. The standard InChI is InChI=1S/C36H47N3O16P2/c1-39(11-9-36(43,56(44,45)46)57(47,48)49)10-6-12-53-23-8-5-7-21(13-23)18-37-38-35(42)32-26(19-40)33(41)25-17-28-27(54-20-55-28)16-24(25)31(32)22-14-29(50-2)34(52-4)30(15-22)51-3/h5,7-8,13-18,26,31-33,40-41,43H,6,9-12,19-20H2,1-4H3,(H,38,42)(H2,44,45,46)(H2,47,48,49)/b37-18+/t26-,31+,32+,33-/m0/s1. The van der Waals surface area contributed by atoms with E-state index in [0.717, 1.165) is 0 Å². The highest BCUT2D eigenvalue weighted by Crippen LogP contribution is 2.69. The fourth-order valence-electron chi connectivity index (χ4n) is 6.96. The summed E-state index contributed by atoms with van der Waals surface area (Å²) in [6.45, 7) is -0.282. The number of hydrazone groups is 1. The monoisotopic (exact) mass is 839 g/mol. The minimum Gasteiger partial charge on any atom is -0.494 e. The third-order valence-electron chi connectivity index (χ3n) is 9.98. The van der Waals surface area contributed by atoms with Gasteiger partial charge in [-0.05, 0) is 72.1 Å². The van der Waals surface area contributed by atoms with Gasteiger partial charge in [0.1, 0.15) is 5.75 Å². The molecular formula is C36H47N3O16P2. The molecule has 57 heavy (non-hydrogen) atoms. The summed E-state index contributed by atoms with van der Waals surface area (Å²) in [7, 11) is -5.12. The zero-order valence-corrected chi connectivity index (χ0v) is 33.3. The fourth-order valence-corrected chi connectivity index (χ4v) is 9.10. The number of ether oxygens (including phenoxy) is 6. The summed E-state index contributed by atoms with van der Waals surface area (Å²) in [4.78, 5) is 53.1. The number of amides is 1. The molecule has 1 aliphatic carbocycles. The van der Waals surface area contributed by atoms with Gasteiger partial charge in [-0.15, -0.1) is 0 Å². The van der Waals surface area contributed by atoms with E-state index in [9.17, 15) is 48.8 Å². The largest absolute Gasteiger partial charge is 0.494 e. The Hall–Kier alpha value is -4.26. The number of fused-ring (bicyclic) bond motifs is 2. The summed E-state index contributed by atoms with van der Waals surface area (Å²) >= 11 is 0. The molecule has 0 fully saturated rings. The second-order valence-electron chi connectivity index (χ2n) is 13.5. The first-order chi connectivity index (χ1) is 27.0. The number of carbonyl (C=O) groups is 1. The van der Waals surface area contributed by atoms with Gasteiger partial charge in [0.15, 0.2) is 23.0 Å². The predicted octanol–water partition coefficient (Wildman–Crippen LogP) is 2.09. The third kappa shape index (κ3) is 9.39. The van der Waals surface area contributed by atoms with Gasteiger partial charge in [0.25, 0.3) is 5.08 Å². The maximum Gasteiger partial charge on any atom is 0.369 e. The predicted molar refractivity (Wildman–Crippen MR) is 203 cm³/mol. The molecule has 8 N–H and O–H groups in total.